The number of rotatable bonds is 5. The van der Waals surface area contributed by atoms with Gasteiger partial charge in [-0.3, -0.25) is 0 Å². The van der Waals surface area contributed by atoms with Crippen LogP contribution in [-0.2, 0) is 6.54 Å². The van der Waals surface area contributed by atoms with E-state index in [1.54, 1.807) is 30.2 Å². The molecule has 25 heavy (non-hydrogen) atoms. The number of hydrogen-bond donors (Lipinski definition) is 1. The first-order valence-electron chi connectivity index (χ1n) is 7.88. The zero-order valence-electron chi connectivity index (χ0n) is 14.0. The predicted octanol–water partition coefficient (Wildman–Crippen LogP) is 4.13. The zero-order valence-corrected chi connectivity index (χ0v) is 14.8. The summed E-state index contributed by atoms with van der Waals surface area (Å²) >= 11 is 6.09. The van der Waals surface area contributed by atoms with Gasteiger partial charge in [0.15, 0.2) is 11.5 Å². The van der Waals surface area contributed by atoms with Gasteiger partial charge in [-0.15, -0.1) is 0 Å². The molecular weight excluding hydrogens is 344 g/mol. The van der Waals surface area contributed by atoms with Gasteiger partial charge in [0.2, 0.25) is 6.79 Å². The van der Waals surface area contributed by atoms with Crippen LogP contribution in [0.3, 0.4) is 0 Å². The fourth-order valence-electron chi connectivity index (χ4n) is 2.53. The molecule has 2 aromatic carbocycles. The number of amides is 2. The summed E-state index contributed by atoms with van der Waals surface area (Å²) in [6.45, 7) is 3.18. The second-order valence-electron chi connectivity index (χ2n) is 5.48. The Labute approximate surface area is 151 Å². The van der Waals surface area contributed by atoms with Crippen LogP contribution >= 0.6 is 11.6 Å². The number of methoxy groups -OCH3 is 1. The average Bonchev–Trinajstić information content (AvgIpc) is 3.07. The quantitative estimate of drug-likeness (QED) is 0.868. The third-order valence-electron chi connectivity index (χ3n) is 3.88. The van der Waals surface area contributed by atoms with Gasteiger partial charge in [0.05, 0.1) is 12.1 Å². The molecule has 1 aliphatic heterocycles. The third-order valence-corrected chi connectivity index (χ3v) is 4.18. The second-order valence-corrected chi connectivity index (χ2v) is 5.89. The van der Waals surface area contributed by atoms with E-state index in [9.17, 15) is 4.79 Å². The summed E-state index contributed by atoms with van der Waals surface area (Å²) < 4.78 is 15.8. The van der Waals surface area contributed by atoms with Gasteiger partial charge in [0.25, 0.3) is 0 Å². The molecule has 0 bridgehead atoms. The summed E-state index contributed by atoms with van der Waals surface area (Å²) in [5.74, 6) is 1.99. The van der Waals surface area contributed by atoms with Crippen molar-refractivity contribution < 1.29 is 19.0 Å². The highest BCUT2D eigenvalue weighted by molar-refractivity contribution is 6.32. The first-order valence-corrected chi connectivity index (χ1v) is 8.26. The minimum absolute atomic E-state index is 0.207. The average molecular weight is 363 g/mol. The Bertz CT molecular complexity index is 782. The van der Waals surface area contributed by atoms with Crippen LogP contribution in [0.25, 0.3) is 0 Å². The van der Waals surface area contributed by atoms with Crippen molar-refractivity contribution in [1.29, 1.82) is 0 Å². The van der Waals surface area contributed by atoms with Gasteiger partial charge in [0.1, 0.15) is 5.75 Å². The van der Waals surface area contributed by atoms with Crippen LogP contribution in [0.2, 0.25) is 5.02 Å². The molecule has 3 rings (SSSR count). The molecular formula is C18H19ClN2O4. The summed E-state index contributed by atoms with van der Waals surface area (Å²) in [7, 11) is 1.55. The number of nitrogens with one attached hydrogen (secondary N) is 1. The summed E-state index contributed by atoms with van der Waals surface area (Å²) in [4.78, 5) is 14.2. The lowest BCUT2D eigenvalue weighted by Crippen LogP contribution is -2.34. The minimum atomic E-state index is -0.207. The lowest BCUT2D eigenvalue weighted by atomic mass is 10.2. The highest BCUT2D eigenvalue weighted by Crippen LogP contribution is 2.33. The zero-order chi connectivity index (χ0) is 17.8. The number of urea groups is 1. The van der Waals surface area contributed by atoms with E-state index in [4.69, 9.17) is 25.8 Å². The molecule has 1 heterocycles. The van der Waals surface area contributed by atoms with Crippen molar-refractivity contribution in [3.63, 3.8) is 0 Å². The molecule has 0 saturated heterocycles. The molecule has 0 fully saturated rings. The van der Waals surface area contributed by atoms with Crippen molar-refractivity contribution in [3.8, 4) is 17.2 Å². The SMILES string of the molecule is CCN(Cc1ccc2c(c1)OCO2)C(=O)Nc1ccc(OC)c(Cl)c1. The lowest BCUT2D eigenvalue weighted by molar-refractivity contribution is 0.174. The van der Waals surface area contributed by atoms with E-state index in [0.717, 1.165) is 11.3 Å². The van der Waals surface area contributed by atoms with Crippen LogP contribution < -0.4 is 19.5 Å². The van der Waals surface area contributed by atoms with E-state index in [1.165, 1.54) is 0 Å². The Balaban J connectivity index is 1.68. The van der Waals surface area contributed by atoms with E-state index in [0.29, 0.717) is 35.3 Å². The molecule has 0 radical (unpaired) electrons. The highest BCUT2D eigenvalue weighted by Gasteiger charge is 2.17. The van der Waals surface area contributed by atoms with E-state index >= 15 is 0 Å². The molecule has 132 valence electrons. The van der Waals surface area contributed by atoms with Crippen LogP contribution in [0.4, 0.5) is 10.5 Å². The number of fused-ring (bicyclic) bond motifs is 1. The molecule has 6 nitrogen and oxygen atoms in total. The van der Waals surface area contributed by atoms with Crippen LogP contribution in [0.15, 0.2) is 36.4 Å². The Morgan fingerprint density at radius 2 is 2.04 bits per heavy atom. The topological polar surface area (TPSA) is 60.0 Å². The Morgan fingerprint density at radius 1 is 1.24 bits per heavy atom. The van der Waals surface area contributed by atoms with Crippen molar-refractivity contribution in [2.45, 2.75) is 13.5 Å². The molecule has 0 unspecified atom stereocenters. The van der Waals surface area contributed by atoms with Gasteiger partial charge in [-0.1, -0.05) is 17.7 Å². The minimum Gasteiger partial charge on any atom is -0.495 e. The van der Waals surface area contributed by atoms with Crippen LogP contribution in [0.5, 0.6) is 17.2 Å². The summed E-state index contributed by atoms with van der Waals surface area (Å²) in [6.07, 6.45) is 0. The highest BCUT2D eigenvalue weighted by atomic mass is 35.5. The van der Waals surface area contributed by atoms with Gasteiger partial charge < -0.3 is 24.4 Å². The third kappa shape index (κ3) is 3.91. The number of benzene rings is 2. The van der Waals surface area contributed by atoms with E-state index < -0.39 is 0 Å². The van der Waals surface area contributed by atoms with Crippen molar-refractivity contribution in [2.24, 2.45) is 0 Å². The van der Waals surface area contributed by atoms with E-state index in [2.05, 4.69) is 5.32 Å². The molecule has 2 aromatic rings. The van der Waals surface area contributed by atoms with Gasteiger partial charge in [-0.05, 0) is 42.8 Å². The molecule has 0 aromatic heterocycles. The molecule has 0 aliphatic carbocycles. The summed E-state index contributed by atoms with van der Waals surface area (Å²) in [6, 6.07) is 10.6. The lowest BCUT2D eigenvalue weighted by Gasteiger charge is -2.22. The maximum atomic E-state index is 12.5. The second kappa shape index (κ2) is 7.53. The Kier molecular flexibility index (Phi) is 5.19. The number of carbonyl (C=O) groups is 1. The number of ether oxygens (including phenoxy) is 3. The molecule has 0 spiro atoms. The van der Waals surface area contributed by atoms with Crippen molar-refractivity contribution in [2.75, 3.05) is 25.8 Å². The van der Waals surface area contributed by atoms with Gasteiger partial charge in [-0.25, -0.2) is 4.79 Å². The summed E-state index contributed by atoms with van der Waals surface area (Å²) in [5.41, 5.74) is 1.58. The Morgan fingerprint density at radius 3 is 2.76 bits per heavy atom. The molecule has 0 atom stereocenters. The van der Waals surface area contributed by atoms with E-state index in [-0.39, 0.29) is 12.8 Å². The molecule has 2 amide bonds. The van der Waals surface area contributed by atoms with Crippen LogP contribution in [0.1, 0.15) is 12.5 Å². The van der Waals surface area contributed by atoms with Gasteiger partial charge >= 0.3 is 6.03 Å². The van der Waals surface area contributed by atoms with Crippen LogP contribution in [0, 0.1) is 0 Å². The number of halogens is 1. The van der Waals surface area contributed by atoms with Crippen molar-refractivity contribution in [3.05, 3.63) is 47.0 Å². The standard InChI is InChI=1S/C18H19ClN2O4/c1-3-21(10-12-4-6-16-17(8-12)25-11-24-16)18(22)20-13-5-7-15(23-2)14(19)9-13/h4-9H,3,10-11H2,1-2H3,(H,20,22). The smallest absolute Gasteiger partial charge is 0.322 e. The number of nitrogens with zero attached hydrogens (tertiary/aromatic N) is 1. The Hall–Kier alpha value is -2.60. The molecule has 7 heteroatoms. The van der Waals surface area contributed by atoms with Gasteiger partial charge in [-0.2, -0.15) is 0 Å². The van der Waals surface area contributed by atoms with Crippen molar-refractivity contribution in [1.82, 2.24) is 4.90 Å². The monoisotopic (exact) mass is 362 g/mol. The number of anilines is 1. The fourth-order valence-corrected chi connectivity index (χ4v) is 2.79. The first-order chi connectivity index (χ1) is 12.1. The van der Waals surface area contributed by atoms with E-state index in [1.807, 2.05) is 25.1 Å². The molecule has 1 N–H and O–H groups in total. The number of hydrogen-bond acceptors (Lipinski definition) is 4. The summed E-state index contributed by atoms with van der Waals surface area (Å²) in [5, 5.41) is 3.29. The maximum Gasteiger partial charge on any atom is 0.322 e. The maximum absolute atomic E-state index is 12.5. The fraction of sp³-hybridized carbons (Fsp3) is 0.278. The first kappa shape index (κ1) is 17.2. The molecule has 1 aliphatic rings. The molecule has 0 saturated carbocycles. The van der Waals surface area contributed by atoms with Crippen molar-refractivity contribution >= 4 is 23.3 Å². The van der Waals surface area contributed by atoms with Crippen LogP contribution in [-0.4, -0.2) is 31.4 Å². The predicted molar refractivity (Wildman–Crippen MR) is 95.7 cm³/mol. The number of carbonyl (C=O) groups excluding carboxylic acids is 1. The normalized spacial score (nSPS) is 12.0. The largest absolute Gasteiger partial charge is 0.495 e. The van der Waals surface area contributed by atoms with Gasteiger partial charge in [0, 0.05) is 18.8 Å².